The van der Waals surface area contributed by atoms with Crippen LogP contribution in [0.15, 0.2) is 24.3 Å². The molecule has 0 saturated carbocycles. The summed E-state index contributed by atoms with van der Waals surface area (Å²) in [5.74, 6) is 2.29. The van der Waals surface area contributed by atoms with E-state index in [1.165, 1.54) is 12.1 Å². The number of hydrogen-bond acceptors (Lipinski definition) is 2. The van der Waals surface area contributed by atoms with Crippen molar-refractivity contribution in [3.8, 4) is 18.1 Å². The summed E-state index contributed by atoms with van der Waals surface area (Å²) in [6, 6.07) is 5.55. The first kappa shape index (κ1) is 14.4. The lowest BCUT2D eigenvalue weighted by Crippen LogP contribution is -2.27. The molecule has 0 heterocycles. The number of ether oxygens (including phenoxy) is 1. The molecule has 1 N–H and O–H groups in total. The maximum absolute atomic E-state index is 12.0. The summed E-state index contributed by atoms with van der Waals surface area (Å²) in [7, 11) is 0. The van der Waals surface area contributed by atoms with E-state index >= 15 is 0 Å². The van der Waals surface area contributed by atoms with E-state index in [2.05, 4.69) is 16.0 Å². The third-order valence-corrected chi connectivity index (χ3v) is 2.36. The number of halogens is 3. The van der Waals surface area contributed by atoms with Gasteiger partial charge in [0, 0.05) is 6.04 Å². The van der Waals surface area contributed by atoms with E-state index in [0.717, 1.165) is 5.56 Å². The number of hydrogen-bond donors (Lipinski definition) is 1. The molecule has 2 atom stereocenters. The topological polar surface area (TPSA) is 21.3 Å². The summed E-state index contributed by atoms with van der Waals surface area (Å²) < 4.78 is 39.7. The van der Waals surface area contributed by atoms with Crippen molar-refractivity contribution >= 4 is 0 Å². The van der Waals surface area contributed by atoms with Crippen molar-refractivity contribution in [3.05, 3.63) is 29.8 Å². The highest BCUT2D eigenvalue weighted by Crippen LogP contribution is 2.24. The molecule has 0 aliphatic heterocycles. The van der Waals surface area contributed by atoms with Crippen LogP contribution in [-0.2, 0) is 0 Å². The Kier molecular flexibility index (Phi) is 4.62. The lowest BCUT2D eigenvalue weighted by molar-refractivity contribution is -0.274. The van der Waals surface area contributed by atoms with E-state index in [9.17, 15) is 13.2 Å². The predicted octanol–water partition coefficient (Wildman–Crippen LogP) is 3.26. The van der Waals surface area contributed by atoms with Crippen molar-refractivity contribution in [2.24, 2.45) is 0 Å². The molecular formula is C13H14F3NO. The monoisotopic (exact) mass is 257 g/mol. The van der Waals surface area contributed by atoms with Crippen molar-refractivity contribution in [3.63, 3.8) is 0 Å². The summed E-state index contributed by atoms with van der Waals surface area (Å²) in [4.78, 5) is 0. The Morgan fingerprint density at radius 2 is 1.78 bits per heavy atom. The first-order valence-corrected chi connectivity index (χ1v) is 5.39. The van der Waals surface area contributed by atoms with Gasteiger partial charge in [0.1, 0.15) is 5.75 Å². The number of rotatable bonds is 4. The highest BCUT2D eigenvalue weighted by atomic mass is 19.4. The molecule has 98 valence electrons. The molecule has 0 aliphatic carbocycles. The number of alkyl halides is 3. The Balaban J connectivity index is 2.68. The number of benzene rings is 1. The predicted molar refractivity (Wildman–Crippen MR) is 63.0 cm³/mol. The molecule has 1 aromatic rings. The fraction of sp³-hybridized carbons (Fsp3) is 0.385. The molecule has 0 radical (unpaired) electrons. The molecule has 0 fully saturated rings. The quantitative estimate of drug-likeness (QED) is 0.836. The van der Waals surface area contributed by atoms with Gasteiger partial charge in [0.25, 0.3) is 0 Å². The van der Waals surface area contributed by atoms with Crippen molar-refractivity contribution in [1.29, 1.82) is 0 Å². The second-order valence-electron chi connectivity index (χ2n) is 3.89. The van der Waals surface area contributed by atoms with E-state index in [4.69, 9.17) is 6.42 Å². The smallest absolute Gasteiger partial charge is 0.406 e. The van der Waals surface area contributed by atoms with Crippen LogP contribution >= 0.6 is 0 Å². The SMILES string of the molecule is C#CC(C)NC(C)c1ccc(OC(F)(F)F)cc1. The zero-order chi connectivity index (χ0) is 13.8. The van der Waals surface area contributed by atoms with Gasteiger partial charge >= 0.3 is 6.36 Å². The summed E-state index contributed by atoms with van der Waals surface area (Å²) in [6.45, 7) is 3.71. The molecule has 0 saturated heterocycles. The van der Waals surface area contributed by atoms with Crippen LogP contribution in [0.5, 0.6) is 5.75 Å². The Morgan fingerprint density at radius 3 is 2.22 bits per heavy atom. The standard InChI is InChI=1S/C13H14F3NO/c1-4-9(2)17-10(3)11-5-7-12(8-6-11)18-13(14,15)16/h1,5-10,17H,2-3H3. The number of nitrogens with one attached hydrogen (secondary N) is 1. The van der Waals surface area contributed by atoms with Crippen LogP contribution in [0.2, 0.25) is 0 Å². The van der Waals surface area contributed by atoms with E-state index in [1.807, 2.05) is 13.8 Å². The van der Waals surface area contributed by atoms with Gasteiger partial charge in [-0.2, -0.15) is 0 Å². The molecule has 0 aliphatic rings. The molecule has 1 rings (SSSR count). The fourth-order valence-corrected chi connectivity index (χ4v) is 1.48. The normalized spacial score (nSPS) is 14.7. The van der Waals surface area contributed by atoms with Gasteiger partial charge in [-0.3, -0.25) is 5.32 Å². The Bertz CT molecular complexity index is 419. The Morgan fingerprint density at radius 1 is 1.22 bits per heavy atom. The van der Waals surface area contributed by atoms with Crippen LogP contribution in [0.25, 0.3) is 0 Å². The molecule has 0 amide bonds. The van der Waals surface area contributed by atoms with Gasteiger partial charge in [0.2, 0.25) is 0 Å². The molecule has 2 unspecified atom stereocenters. The molecule has 18 heavy (non-hydrogen) atoms. The minimum absolute atomic E-state index is 0.0454. The largest absolute Gasteiger partial charge is 0.573 e. The maximum atomic E-state index is 12.0. The molecular weight excluding hydrogens is 243 g/mol. The van der Waals surface area contributed by atoms with Gasteiger partial charge in [-0.1, -0.05) is 18.1 Å². The maximum Gasteiger partial charge on any atom is 0.573 e. The van der Waals surface area contributed by atoms with Crippen molar-refractivity contribution < 1.29 is 17.9 Å². The van der Waals surface area contributed by atoms with Gasteiger partial charge in [-0.15, -0.1) is 19.6 Å². The van der Waals surface area contributed by atoms with Crippen LogP contribution in [0.4, 0.5) is 13.2 Å². The van der Waals surface area contributed by atoms with E-state index in [0.29, 0.717) is 0 Å². The molecule has 0 aromatic heterocycles. The van der Waals surface area contributed by atoms with E-state index < -0.39 is 6.36 Å². The third kappa shape index (κ3) is 4.68. The van der Waals surface area contributed by atoms with Crippen molar-refractivity contribution in [2.45, 2.75) is 32.3 Å². The van der Waals surface area contributed by atoms with Gasteiger partial charge in [0.15, 0.2) is 0 Å². The van der Waals surface area contributed by atoms with Crippen LogP contribution in [-0.4, -0.2) is 12.4 Å². The van der Waals surface area contributed by atoms with Crippen LogP contribution in [0.3, 0.4) is 0 Å². The van der Waals surface area contributed by atoms with Crippen LogP contribution < -0.4 is 10.1 Å². The lowest BCUT2D eigenvalue weighted by Gasteiger charge is -2.17. The van der Waals surface area contributed by atoms with Gasteiger partial charge in [-0.05, 0) is 31.5 Å². The Hall–Kier alpha value is -1.67. The summed E-state index contributed by atoms with van der Waals surface area (Å²) in [5.41, 5.74) is 0.839. The Labute approximate surface area is 104 Å². The van der Waals surface area contributed by atoms with Crippen molar-refractivity contribution in [2.75, 3.05) is 0 Å². The average molecular weight is 257 g/mol. The highest BCUT2D eigenvalue weighted by molar-refractivity contribution is 5.29. The van der Waals surface area contributed by atoms with Crippen molar-refractivity contribution in [1.82, 2.24) is 5.32 Å². The second-order valence-corrected chi connectivity index (χ2v) is 3.89. The van der Waals surface area contributed by atoms with Crippen LogP contribution in [0.1, 0.15) is 25.5 Å². The second kappa shape index (κ2) is 5.78. The lowest BCUT2D eigenvalue weighted by atomic mass is 10.1. The minimum Gasteiger partial charge on any atom is -0.406 e. The highest BCUT2D eigenvalue weighted by Gasteiger charge is 2.30. The minimum atomic E-state index is -4.66. The van der Waals surface area contributed by atoms with E-state index in [-0.39, 0.29) is 17.8 Å². The summed E-state index contributed by atoms with van der Waals surface area (Å²) in [5, 5.41) is 3.11. The van der Waals surface area contributed by atoms with Gasteiger partial charge in [-0.25, -0.2) is 0 Å². The third-order valence-electron chi connectivity index (χ3n) is 2.36. The molecule has 5 heteroatoms. The first-order valence-electron chi connectivity index (χ1n) is 5.39. The summed E-state index contributed by atoms with van der Waals surface area (Å²) >= 11 is 0. The summed E-state index contributed by atoms with van der Waals surface area (Å²) in [6.07, 6.45) is 0.571. The van der Waals surface area contributed by atoms with E-state index in [1.54, 1.807) is 12.1 Å². The van der Waals surface area contributed by atoms with Crippen LogP contribution in [0, 0.1) is 12.3 Å². The number of terminal acetylenes is 1. The average Bonchev–Trinajstić information content (AvgIpc) is 2.27. The van der Waals surface area contributed by atoms with Gasteiger partial charge in [0.05, 0.1) is 6.04 Å². The first-order chi connectivity index (χ1) is 8.31. The molecule has 0 spiro atoms. The fourth-order valence-electron chi connectivity index (χ4n) is 1.48. The molecule has 0 bridgehead atoms. The zero-order valence-corrected chi connectivity index (χ0v) is 10.1. The molecule has 1 aromatic carbocycles. The molecule has 2 nitrogen and oxygen atoms in total. The zero-order valence-electron chi connectivity index (χ0n) is 10.1. The van der Waals surface area contributed by atoms with Gasteiger partial charge < -0.3 is 4.74 Å².